The van der Waals surface area contributed by atoms with Crippen LogP contribution in [-0.4, -0.2) is 66.6 Å². The van der Waals surface area contributed by atoms with Gasteiger partial charge in [0.2, 0.25) is 5.91 Å². The second-order valence-electron chi connectivity index (χ2n) is 7.98. The molecule has 1 aliphatic carbocycles. The van der Waals surface area contributed by atoms with Crippen LogP contribution in [0.25, 0.3) is 0 Å². The minimum atomic E-state index is -2.26. The van der Waals surface area contributed by atoms with Crippen LogP contribution in [0.2, 0.25) is 0 Å². The Morgan fingerprint density at radius 2 is 1.97 bits per heavy atom. The Kier molecular flexibility index (Phi) is 7.37. The van der Waals surface area contributed by atoms with E-state index in [4.69, 9.17) is 0 Å². The highest BCUT2D eigenvalue weighted by molar-refractivity contribution is 7.77. The van der Waals surface area contributed by atoms with E-state index in [-0.39, 0.29) is 35.9 Å². The quantitative estimate of drug-likeness (QED) is 0.725. The molecule has 0 aromatic carbocycles. The molecule has 1 saturated heterocycles. The normalized spacial score (nSPS) is 28.8. The Morgan fingerprint density at radius 3 is 2.55 bits per heavy atom. The van der Waals surface area contributed by atoms with Crippen molar-refractivity contribution in [1.82, 2.24) is 19.5 Å². The monoisotopic (exact) mass is 421 g/mol. The molecule has 1 aromatic heterocycles. The van der Waals surface area contributed by atoms with E-state index in [0.29, 0.717) is 44.5 Å². The van der Waals surface area contributed by atoms with Crippen molar-refractivity contribution in [3.05, 3.63) is 30.1 Å². The smallest absolute Gasteiger partial charge is 0.272 e. The third kappa shape index (κ3) is 5.21. The highest BCUT2D eigenvalue weighted by atomic mass is 32.2. The lowest BCUT2D eigenvalue weighted by Crippen LogP contribution is -2.61. The van der Waals surface area contributed by atoms with Gasteiger partial charge in [0.25, 0.3) is 5.91 Å². The van der Waals surface area contributed by atoms with E-state index in [9.17, 15) is 18.4 Å². The van der Waals surface area contributed by atoms with Crippen LogP contribution in [0.15, 0.2) is 24.4 Å². The van der Waals surface area contributed by atoms with Gasteiger partial charge in [-0.05, 0) is 51.2 Å². The summed E-state index contributed by atoms with van der Waals surface area (Å²) in [5.74, 6) is -0.0427. The van der Waals surface area contributed by atoms with Crippen molar-refractivity contribution >= 4 is 23.1 Å². The number of pyridine rings is 1. The lowest BCUT2D eigenvalue weighted by atomic mass is 9.84. The van der Waals surface area contributed by atoms with Crippen molar-refractivity contribution in [1.29, 1.82) is 0 Å². The summed E-state index contributed by atoms with van der Waals surface area (Å²) in [4.78, 5) is 34.0. The molecule has 2 aliphatic rings. The summed E-state index contributed by atoms with van der Waals surface area (Å²) in [5, 5.41) is 0. The summed E-state index contributed by atoms with van der Waals surface area (Å²) in [6, 6.07) is 5.12. The van der Waals surface area contributed by atoms with Crippen molar-refractivity contribution in [2.75, 3.05) is 13.1 Å². The molecule has 1 N–H and O–H groups in total. The summed E-state index contributed by atoms with van der Waals surface area (Å²) in [6.07, 6.45) is 5.10. The van der Waals surface area contributed by atoms with Crippen molar-refractivity contribution in [2.24, 2.45) is 5.92 Å². The van der Waals surface area contributed by atoms with Crippen LogP contribution >= 0.6 is 0 Å². The average molecular weight is 422 g/mol. The first-order valence-electron chi connectivity index (χ1n) is 10.3. The molecule has 9 heteroatoms. The third-order valence-electron chi connectivity index (χ3n) is 6.02. The van der Waals surface area contributed by atoms with E-state index < -0.39 is 11.3 Å². The van der Waals surface area contributed by atoms with E-state index in [2.05, 4.69) is 9.71 Å². The Bertz CT molecular complexity index is 739. The van der Waals surface area contributed by atoms with Crippen molar-refractivity contribution in [3.63, 3.8) is 0 Å². The molecule has 0 spiro atoms. The summed E-state index contributed by atoms with van der Waals surface area (Å²) < 4.78 is 24.2. The molecule has 0 radical (unpaired) electrons. The zero-order chi connectivity index (χ0) is 21.0. The van der Waals surface area contributed by atoms with Gasteiger partial charge >= 0.3 is 0 Å². The molecule has 8 nitrogen and oxygen atoms in total. The zero-order valence-electron chi connectivity index (χ0n) is 17.0. The Labute approximate surface area is 174 Å². The number of aromatic nitrogens is 1. The molecule has 2 heterocycles. The fourth-order valence-electron chi connectivity index (χ4n) is 4.53. The maximum Gasteiger partial charge on any atom is 0.272 e. The second-order valence-corrected chi connectivity index (χ2v) is 8.69. The van der Waals surface area contributed by atoms with Gasteiger partial charge in [0.1, 0.15) is 5.69 Å². The number of nitrogens with one attached hydrogen (secondary N) is 1. The summed E-state index contributed by atoms with van der Waals surface area (Å²) in [7, 11) is 0. The molecule has 3 rings (SSSR count). The second kappa shape index (κ2) is 9.77. The number of nitrogens with zero attached hydrogens (tertiary/aromatic N) is 3. The number of hydrogen-bond acceptors (Lipinski definition) is 5. The maximum absolute atomic E-state index is 13.3. The molecule has 1 aromatic rings. The maximum atomic E-state index is 13.3. The highest BCUT2D eigenvalue weighted by Gasteiger charge is 2.39. The summed E-state index contributed by atoms with van der Waals surface area (Å²) in [6.45, 7) is 5.03. The van der Waals surface area contributed by atoms with E-state index in [1.807, 2.05) is 18.7 Å². The molecular weight excluding hydrogens is 392 g/mol. The van der Waals surface area contributed by atoms with Crippen molar-refractivity contribution < 1.29 is 18.4 Å². The fourth-order valence-corrected chi connectivity index (χ4v) is 5.04. The molecular formula is C20H29N4O4S-. The summed E-state index contributed by atoms with van der Waals surface area (Å²) >= 11 is -2.26. The van der Waals surface area contributed by atoms with Crippen LogP contribution in [0.4, 0.5) is 0 Å². The topological polar surface area (TPSA) is 106 Å². The van der Waals surface area contributed by atoms with Gasteiger partial charge in [0.05, 0.1) is 0 Å². The predicted molar refractivity (Wildman–Crippen MR) is 108 cm³/mol. The average Bonchev–Trinajstić information content (AvgIpc) is 2.73. The Morgan fingerprint density at radius 1 is 1.24 bits per heavy atom. The van der Waals surface area contributed by atoms with Crippen LogP contribution in [0.5, 0.6) is 0 Å². The van der Waals surface area contributed by atoms with E-state index >= 15 is 0 Å². The Hall–Kier alpha value is -1.84. The zero-order valence-corrected chi connectivity index (χ0v) is 17.8. The molecule has 29 heavy (non-hydrogen) atoms. The van der Waals surface area contributed by atoms with Gasteiger partial charge in [-0.3, -0.25) is 18.8 Å². The summed E-state index contributed by atoms with van der Waals surface area (Å²) in [5.41, 5.74) is 0.427. The molecule has 2 fully saturated rings. The molecule has 3 atom stereocenters. The van der Waals surface area contributed by atoms with Gasteiger partial charge < -0.3 is 14.4 Å². The van der Waals surface area contributed by atoms with Gasteiger partial charge in [-0.15, -0.1) is 0 Å². The number of amides is 2. The lowest BCUT2D eigenvalue weighted by Gasteiger charge is -2.47. The number of hydrogen-bond donors (Lipinski definition) is 1. The van der Waals surface area contributed by atoms with Crippen LogP contribution in [-0.2, 0) is 16.1 Å². The highest BCUT2D eigenvalue weighted by Crippen LogP contribution is 2.30. The van der Waals surface area contributed by atoms with Crippen molar-refractivity contribution in [2.45, 2.75) is 64.1 Å². The van der Waals surface area contributed by atoms with E-state index in [1.54, 1.807) is 29.3 Å². The fraction of sp³-hybridized carbons (Fsp3) is 0.650. The van der Waals surface area contributed by atoms with Crippen LogP contribution < -0.4 is 4.72 Å². The lowest BCUT2D eigenvalue weighted by molar-refractivity contribution is -0.144. The molecule has 2 amide bonds. The SMILES string of the molecule is CCC1CN(C(=O)c2ccccn2)CC(C)N1C(=O)C1CCC(NS(=O)[O-])CC1. The number of carbonyl (C=O) groups excluding carboxylic acids is 2. The van der Waals surface area contributed by atoms with E-state index in [0.717, 1.165) is 6.42 Å². The van der Waals surface area contributed by atoms with Crippen LogP contribution in [0, 0.1) is 5.92 Å². The largest absolute Gasteiger partial charge is 0.760 e. The number of piperazine rings is 1. The van der Waals surface area contributed by atoms with Gasteiger partial charge in [-0.1, -0.05) is 13.0 Å². The van der Waals surface area contributed by atoms with E-state index in [1.165, 1.54) is 0 Å². The van der Waals surface area contributed by atoms with Gasteiger partial charge in [-0.2, -0.15) is 0 Å². The first-order valence-corrected chi connectivity index (χ1v) is 11.4. The molecule has 3 unspecified atom stereocenters. The van der Waals surface area contributed by atoms with Gasteiger partial charge in [-0.25, -0.2) is 4.72 Å². The number of rotatable bonds is 5. The first kappa shape index (κ1) is 21.9. The Balaban J connectivity index is 1.64. The van der Waals surface area contributed by atoms with Crippen LogP contribution in [0.3, 0.4) is 0 Å². The van der Waals surface area contributed by atoms with Gasteiger partial charge in [0.15, 0.2) is 0 Å². The first-order chi connectivity index (χ1) is 13.9. The predicted octanol–water partition coefficient (Wildman–Crippen LogP) is 1.48. The molecule has 160 valence electrons. The molecule has 0 bridgehead atoms. The minimum Gasteiger partial charge on any atom is -0.760 e. The molecule has 1 aliphatic heterocycles. The van der Waals surface area contributed by atoms with Gasteiger partial charge in [0, 0.05) is 54.6 Å². The van der Waals surface area contributed by atoms with Crippen molar-refractivity contribution in [3.8, 4) is 0 Å². The standard InChI is InChI=1S/C20H30N4O4S/c1-3-17-13-23(20(26)18-6-4-5-11-21-18)12-14(2)24(17)19(25)15-7-9-16(10-8-15)22-29(27)28/h4-6,11,14-17,22H,3,7-10,12-13H2,1-2H3,(H,27,28)/p-1. The minimum absolute atomic E-state index is 0.0242. The molecule has 1 saturated carbocycles. The number of carbonyl (C=O) groups is 2. The van der Waals surface area contributed by atoms with Crippen LogP contribution in [0.1, 0.15) is 56.4 Å². The third-order valence-corrected chi connectivity index (χ3v) is 6.55.